The van der Waals surface area contributed by atoms with Crippen LogP contribution in [0.1, 0.15) is 52.8 Å². The summed E-state index contributed by atoms with van der Waals surface area (Å²) in [6.07, 6.45) is 10.1. The Morgan fingerprint density at radius 3 is 2.68 bits per heavy atom. The summed E-state index contributed by atoms with van der Waals surface area (Å²) in [5.41, 5.74) is 6.50. The molecule has 1 atom stereocenters. The van der Waals surface area contributed by atoms with E-state index in [4.69, 9.17) is 5.73 Å². The van der Waals surface area contributed by atoms with Crippen molar-refractivity contribution in [2.24, 2.45) is 11.1 Å². The molecule has 1 unspecified atom stereocenters. The fourth-order valence-electron chi connectivity index (χ4n) is 3.68. The van der Waals surface area contributed by atoms with Crippen LogP contribution in [0.2, 0.25) is 0 Å². The van der Waals surface area contributed by atoms with Gasteiger partial charge in [-0.15, -0.1) is 0 Å². The molecule has 1 heterocycles. The van der Waals surface area contributed by atoms with E-state index < -0.39 is 5.91 Å². The molecule has 0 aromatic heterocycles. The normalized spacial score (nSPS) is 24.5. The number of rotatable bonds is 2. The Morgan fingerprint density at radius 1 is 1.14 bits per heavy atom. The summed E-state index contributed by atoms with van der Waals surface area (Å²) in [5.74, 6) is -0.487. The van der Waals surface area contributed by atoms with Crippen molar-refractivity contribution in [1.82, 2.24) is 4.90 Å². The van der Waals surface area contributed by atoms with Crippen LogP contribution in [-0.2, 0) is 0 Å². The van der Waals surface area contributed by atoms with E-state index in [9.17, 15) is 9.59 Å². The van der Waals surface area contributed by atoms with Crippen molar-refractivity contribution in [3.8, 4) is 0 Å². The van der Waals surface area contributed by atoms with E-state index >= 15 is 0 Å². The number of benzene rings is 1. The van der Waals surface area contributed by atoms with Gasteiger partial charge in [0.25, 0.3) is 5.91 Å². The molecular weight excluding hydrogens is 276 g/mol. The number of nitrogens with zero attached hydrogens (tertiary/aromatic N) is 1. The highest BCUT2D eigenvalue weighted by Crippen LogP contribution is 2.41. The van der Waals surface area contributed by atoms with Crippen molar-refractivity contribution in [3.63, 3.8) is 0 Å². The number of carbonyl (C=O) groups is 2. The van der Waals surface area contributed by atoms with Crippen LogP contribution < -0.4 is 5.73 Å². The van der Waals surface area contributed by atoms with Gasteiger partial charge in [-0.1, -0.05) is 18.2 Å². The Morgan fingerprint density at radius 2 is 1.95 bits per heavy atom. The molecular formula is C18H22N2O2. The third kappa shape index (κ3) is 2.91. The van der Waals surface area contributed by atoms with Crippen LogP contribution >= 0.6 is 0 Å². The molecule has 1 aromatic carbocycles. The number of piperidine rings is 1. The van der Waals surface area contributed by atoms with Gasteiger partial charge in [0.15, 0.2) is 0 Å². The predicted octanol–water partition coefficient (Wildman–Crippen LogP) is 2.75. The van der Waals surface area contributed by atoms with E-state index in [1.165, 1.54) is 6.42 Å². The molecule has 2 aliphatic rings. The number of amides is 2. The first-order valence-corrected chi connectivity index (χ1v) is 7.94. The maximum absolute atomic E-state index is 12.8. The molecule has 4 heteroatoms. The molecule has 1 aromatic rings. The van der Waals surface area contributed by atoms with Gasteiger partial charge in [-0.2, -0.15) is 0 Å². The van der Waals surface area contributed by atoms with Gasteiger partial charge in [-0.25, -0.2) is 0 Å². The van der Waals surface area contributed by atoms with Crippen LogP contribution in [0.5, 0.6) is 0 Å². The van der Waals surface area contributed by atoms with Crippen LogP contribution in [0.4, 0.5) is 0 Å². The first-order valence-electron chi connectivity index (χ1n) is 7.94. The molecule has 2 N–H and O–H groups in total. The minimum atomic E-state index is -0.498. The van der Waals surface area contributed by atoms with Crippen molar-refractivity contribution in [1.29, 1.82) is 0 Å². The number of likely N-dealkylation sites (tertiary alicyclic amines) is 1. The smallest absolute Gasteiger partial charge is 0.253 e. The summed E-state index contributed by atoms with van der Waals surface area (Å²) >= 11 is 0. The summed E-state index contributed by atoms with van der Waals surface area (Å²) in [6, 6.07) is 6.72. The van der Waals surface area contributed by atoms with E-state index in [2.05, 4.69) is 12.2 Å². The minimum Gasteiger partial charge on any atom is -0.366 e. The van der Waals surface area contributed by atoms with Crippen LogP contribution in [0.3, 0.4) is 0 Å². The second kappa shape index (κ2) is 5.95. The molecule has 3 rings (SSSR count). The maximum Gasteiger partial charge on any atom is 0.253 e. The predicted molar refractivity (Wildman–Crippen MR) is 85.5 cm³/mol. The second-order valence-electron chi connectivity index (χ2n) is 6.49. The highest BCUT2D eigenvalue weighted by Gasteiger charge is 2.36. The molecule has 0 radical (unpaired) electrons. The van der Waals surface area contributed by atoms with Crippen molar-refractivity contribution in [2.75, 3.05) is 13.1 Å². The van der Waals surface area contributed by atoms with E-state index in [1.807, 2.05) is 4.90 Å². The lowest BCUT2D eigenvalue weighted by molar-refractivity contribution is 0.0484. The molecule has 116 valence electrons. The van der Waals surface area contributed by atoms with Gasteiger partial charge in [0.05, 0.1) is 0 Å². The molecule has 1 fully saturated rings. The average molecular weight is 298 g/mol. The lowest BCUT2D eigenvalue weighted by Crippen LogP contribution is -2.46. The van der Waals surface area contributed by atoms with E-state index in [0.717, 1.165) is 38.8 Å². The molecule has 0 bridgehead atoms. The zero-order chi connectivity index (χ0) is 15.6. The summed E-state index contributed by atoms with van der Waals surface area (Å²) < 4.78 is 0. The van der Waals surface area contributed by atoms with Gasteiger partial charge in [-0.05, 0) is 55.7 Å². The average Bonchev–Trinajstić information content (AvgIpc) is 2.55. The second-order valence-corrected chi connectivity index (χ2v) is 6.49. The Hall–Kier alpha value is -2.10. The molecule has 4 nitrogen and oxygen atoms in total. The van der Waals surface area contributed by atoms with Gasteiger partial charge in [0.2, 0.25) is 5.91 Å². The lowest BCUT2D eigenvalue weighted by atomic mass is 9.71. The summed E-state index contributed by atoms with van der Waals surface area (Å²) in [4.78, 5) is 26.0. The summed E-state index contributed by atoms with van der Waals surface area (Å²) in [5, 5.41) is 0. The van der Waals surface area contributed by atoms with Crippen LogP contribution in [0, 0.1) is 5.41 Å². The Balaban J connectivity index is 1.78. The number of hydrogen-bond donors (Lipinski definition) is 1. The molecule has 1 aliphatic heterocycles. The molecule has 2 amide bonds. The molecule has 22 heavy (non-hydrogen) atoms. The topological polar surface area (TPSA) is 63.4 Å². The number of carbonyl (C=O) groups excluding carboxylic acids is 2. The van der Waals surface area contributed by atoms with E-state index in [0.29, 0.717) is 11.1 Å². The quantitative estimate of drug-likeness (QED) is 0.853. The number of nitrogens with two attached hydrogens (primary N) is 1. The fourth-order valence-corrected chi connectivity index (χ4v) is 3.68. The van der Waals surface area contributed by atoms with E-state index in [1.54, 1.807) is 24.3 Å². The van der Waals surface area contributed by atoms with Crippen LogP contribution in [0.25, 0.3) is 0 Å². The summed E-state index contributed by atoms with van der Waals surface area (Å²) in [6.45, 7) is 1.61. The highest BCUT2D eigenvalue weighted by molar-refractivity contribution is 5.99. The fraction of sp³-hybridized carbons (Fsp3) is 0.444. The number of primary amides is 1. The van der Waals surface area contributed by atoms with Crippen LogP contribution in [-0.4, -0.2) is 29.8 Å². The first kappa shape index (κ1) is 14.8. The molecule has 0 saturated carbocycles. The van der Waals surface area contributed by atoms with Gasteiger partial charge in [0.1, 0.15) is 0 Å². The van der Waals surface area contributed by atoms with Crippen LogP contribution in [0.15, 0.2) is 36.4 Å². The molecule has 1 aliphatic carbocycles. The largest absolute Gasteiger partial charge is 0.366 e. The standard InChI is InChI=1S/C18H22N2O2/c19-16(21)14-6-4-7-15(12-14)17(22)20-11-5-10-18(13-20)8-2-1-3-9-18/h1-2,4,6-7,12H,3,5,8-11,13H2,(H2,19,21). The Kier molecular flexibility index (Phi) is 4.01. The van der Waals surface area contributed by atoms with E-state index in [-0.39, 0.29) is 11.3 Å². The monoisotopic (exact) mass is 298 g/mol. The SMILES string of the molecule is NC(=O)c1cccc(C(=O)N2CCCC3(CC=CCC3)C2)c1. The molecule has 1 saturated heterocycles. The number of hydrogen-bond acceptors (Lipinski definition) is 2. The lowest BCUT2D eigenvalue weighted by Gasteiger charge is -2.44. The van der Waals surface area contributed by atoms with Gasteiger partial charge >= 0.3 is 0 Å². The van der Waals surface area contributed by atoms with Crippen molar-refractivity contribution in [3.05, 3.63) is 47.5 Å². The van der Waals surface area contributed by atoms with Gasteiger partial charge < -0.3 is 10.6 Å². The summed E-state index contributed by atoms with van der Waals surface area (Å²) in [7, 11) is 0. The number of allylic oxidation sites excluding steroid dienone is 2. The third-order valence-corrected chi connectivity index (χ3v) is 4.90. The zero-order valence-electron chi connectivity index (χ0n) is 12.8. The highest BCUT2D eigenvalue weighted by atomic mass is 16.2. The zero-order valence-corrected chi connectivity index (χ0v) is 12.8. The maximum atomic E-state index is 12.8. The minimum absolute atomic E-state index is 0.0109. The molecule has 1 spiro atoms. The third-order valence-electron chi connectivity index (χ3n) is 4.90. The van der Waals surface area contributed by atoms with Crippen molar-refractivity contribution < 1.29 is 9.59 Å². The van der Waals surface area contributed by atoms with Gasteiger partial charge in [-0.3, -0.25) is 9.59 Å². The first-order chi connectivity index (χ1) is 10.6. The van der Waals surface area contributed by atoms with Crippen molar-refractivity contribution >= 4 is 11.8 Å². The Labute approximate surface area is 131 Å². The van der Waals surface area contributed by atoms with Gasteiger partial charge in [0, 0.05) is 24.2 Å². The Bertz CT molecular complexity index is 623. The van der Waals surface area contributed by atoms with Crippen molar-refractivity contribution in [2.45, 2.75) is 32.1 Å².